The lowest BCUT2D eigenvalue weighted by Crippen LogP contribution is -2.05. The SMILES string of the molecule is Cc1cccc(C)c1-n1c(N)c(C)c2c1nc1ccccn12. The number of nitrogen functional groups attached to an aromatic ring is 1. The molecule has 0 atom stereocenters. The Morgan fingerprint density at radius 3 is 2.41 bits per heavy atom. The van der Waals surface area contributed by atoms with Crippen LogP contribution in [0.5, 0.6) is 0 Å². The number of aryl methyl sites for hydroxylation is 3. The van der Waals surface area contributed by atoms with Gasteiger partial charge in [-0.2, -0.15) is 0 Å². The second-order valence-electron chi connectivity index (χ2n) is 5.80. The van der Waals surface area contributed by atoms with E-state index in [0.717, 1.165) is 33.9 Å². The van der Waals surface area contributed by atoms with Gasteiger partial charge in [-0.1, -0.05) is 24.3 Å². The summed E-state index contributed by atoms with van der Waals surface area (Å²) in [5, 5.41) is 0. The van der Waals surface area contributed by atoms with E-state index in [0.29, 0.717) is 0 Å². The first-order valence-corrected chi connectivity index (χ1v) is 7.39. The van der Waals surface area contributed by atoms with Gasteiger partial charge in [0, 0.05) is 11.8 Å². The summed E-state index contributed by atoms with van der Waals surface area (Å²) in [6, 6.07) is 12.3. The molecule has 3 heterocycles. The first kappa shape index (κ1) is 13.0. The van der Waals surface area contributed by atoms with Crippen LogP contribution in [0.25, 0.3) is 22.5 Å². The molecule has 4 heteroatoms. The summed E-state index contributed by atoms with van der Waals surface area (Å²) in [6.45, 7) is 6.28. The van der Waals surface area contributed by atoms with Crippen molar-refractivity contribution in [3.05, 3.63) is 59.3 Å². The summed E-state index contributed by atoms with van der Waals surface area (Å²) in [5.74, 6) is 0.758. The van der Waals surface area contributed by atoms with E-state index in [-0.39, 0.29) is 0 Å². The minimum atomic E-state index is 0.758. The lowest BCUT2D eigenvalue weighted by molar-refractivity contribution is 1.07. The number of anilines is 1. The zero-order chi connectivity index (χ0) is 15.4. The molecule has 0 saturated carbocycles. The second kappa shape index (κ2) is 4.37. The molecule has 0 aliphatic rings. The average Bonchev–Trinajstić information content (AvgIpc) is 2.98. The molecule has 3 aromatic heterocycles. The Bertz CT molecular complexity index is 1000. The highest BCUT2D eigenvalue weighted by atomic mass is 15.2. The number of para-hydroxylation sites is 1. The Morgan fingerprint density at radius 2 is 1.68 bits per heavy atom. The van der Waals surface area contributed by atoms with Crippen LogP contribution in [-0.4, -0.2) is 14.0 Å². The van der Waals surface area contributed by atoms with E-state index in [9.17, 15) is 0 Å². The highest BCUT2D eigenvalue weighted by Crippen LogP contribution is 2.33. The second-order valence-corrected chi connectivity index (χ2v) is 5.80. The van der Waals surface area contributed by atoms with Crippen molar-refractivity contribution >= 4 is 22.6 Å². The van der Waals surface area contributed by atoms with E-state index in [2.05, 4.69) is 47.9 Å². The molecule has 1 aromatic carbocycles. The molecule has 2 N–H and O–H groups in total. The maximum atomic E-state index is 6.43. The van der Waals surface area contributed by atoms with Gasteiger partial charge in [0.25, 0.3) is 0 Å². The van der Waals surface area contributed by atoms with Crippen molar-refractivity contribution in [3.63, 3.8) is 0 Å². The van der Waals surface area contributed by atoms with E-state index in [1.807, 2.05) is 24.4 Å². The van der Waals surface area contributed by atoms with Gasteiger partial charge in [-0.3, -0.25) is 8.97 Å². The van der Waals surface area contributed by atoms with Crippen molar-refractivity contribution in [2.24, 2.45) is 0 Å². The molecule has 0 aliphatic carbocycles. The Hall–Kier alpha value is -2.75. The number of hydrogen-bond acceptors (Lipinski definition) is 2. The summed E-state index contributed by atoms with van der Waals surface area (Å²) in [5.41, 5.74) is 13.9. The number of nitrogens with two attached hydrogens (primary N) is 1. The van der Waals surface area contributed by atoms with Crippen molar-refractivity contribution in [1.82, 2.24) is 14.0 Å². The van der Waals surface area contributed by atoms with E-state index in [1.54, 1.807) is 0 Å². The van der Waals surface area contributed by atoms with Crippen LogP contribution in [0.1, 0.15) is 16.7 Å². The van der Waals surface area contributed by atoms with Crippen molar-refractivity contribution in [2.45, 2.75) is 20.8 Å². The van der Waals surface area contributed by atoms with Crippen LogP contribution in [-0.2, 0) is 0 Å². The van der Waals surface area contributed by atoms with Crippen molar-refractivity contribution in [1.29, 1.82) is 0 Å². The molecule has 0 unspecified atom stereocenters. The summed E-state index contributed by atoms with van der Waals surface area (Å²) in [7, 11) is 0. The number of pyridine rings is 1. The van der Waals surface area contributed by atoms with Crippen molar-refractivity contribution in [2.75, 3.05) is 5.73 Å². The van der Waals surface area contributed by atoms with Gasteiger partial charge in [-0.05, 0) is 44.0 Å². The van der Waals surface area contributed by atoms with E-state index in [1.165, 1.54) is 11.1 Å². The third-order valence-electron chi connectivity index (χ3n) is 4.37. The van der Waals surface area contributed by atoms with Crippen LogP contribution in [0.4, 0.5) is 5.82 Å². The molecule has 22 heavy (non-hydrogen) atoms. The highest BCUT2D eigenvalue weighted by Gasteiger charge is 2.20. The Morgan fingerprint density at radius 1 is 0.955 bits per heavy atom. The quantitative estimate of drug-likeness (QED) is 0.580. The van der Waals surface area contributed by atoms with Crippen molar-refractivity contribution < 1.29 is 0 Å². The predicted molar refractivity (Wildman–Crippen MR) is 90.6 cm³/mol. The van der Waals surface area contributed by atoms with E-state index < -0.39 is 0 Å². The van der Waals surface area contributed by atoms with Crippen LogP contribution in [0.15, 0.2) is 42.6 Å². The molecule has 0 saturated heterocycles. The largest absolute Gasteiger partial charge is 0.384 e. The number of aromatic nitrogens is 3. The highest BCUT2D eigenvalue weighted by molar-refractivity contribution is 5.89. The molecule has 0 fully saturated rings. The molecule has 110 valence electrons. The van der Waals surface area contributed by atoms with Gasteiger partial charge in [0.2, 0.25) is 0 Å². The first-order chi connectivity index (χ1) is 10.6. The van der Waals surface area contributed by atoms with Crippen LogP contribution >= 0.6 is 0 Å². The molecule has 4 nitrogen and oxygen atoms in total. The molecule has 0 radical (unpaired) electrons. The normalized spacial score (nSPS) is 11.6. The fourth-order valence-electron chi connectivity index (χ4n) is 3.28. The average molecular weight is 290 g/mol. The number of hydrogen-bond donors (Lipinski definition) is 1. The monoisotopic (exact) mass is 290 g/mol. The number of nitrogens with zero attached hydrogens (tertiary/aromatic N) is 3. The molecular weight excluding hydrogens is 272 g/mol. The zero-order valence-corrected chi connectivity index (χ0v) is 13.0. The van der Waals surface area contributed by atoms with Crippen LogP contribution < -0.4 is 5.73 Å². The number of benzene rings is 1. The van der Waals surface area contributed by atoms with Crippen LogP contribution in [0.3, 0.4) is 0 Å². The third-order valence-corrected chi connectivity index (χ3v) is 4.37. The maximum absolute atomic E-state index is 6.43. The molecule has 0 aliphatic heterocycles. The molecule has 0 bridgehead atoms. The number of imidazole rings is 1. The fourth-order valence-corrected chi connectivity index (χ4v) is 3.28. The smallest absolute Gasteiger partial charge is 0.166 e. The third kappa shape index (κ3) is 1.55. The number of fused-ring (bicyclic) bond motifs is 3. The zero-order valence-electron chi connectivity index (χ0n) is 13.0. The molecule has 4 rings (SSSR count). The van der Waals surface area contributed by atoms with Gasteiger partial charge < -0.3 is 5.73 Å². The van der Waals surface area contributed by atoms with Crippen LogP contribution in [0, 0.1) is 20.8 Å². The van der Waals surface area contributed by atoms with Gasteiger partial charge in [0.05, 0.1) is 11.2 Å². The maximum Gasteiger partial charge on any atom is 0.166 e. The summed E-state index contributed by atoms with van der Waals surface area (Å²) in [6.07, 6.45) is 2.03. The molecule has 4 aromatic rings. The Balaban J connectivity index is 2.21. The van der Waals surface area contributed by atoms with Crippen molar-refractivity contribution in [3.8, 4) is 5.69 Å². The molecule has 0 amide bonds. The standard InChI is InChI=1S/C18H18N4/c1-11-7-6-8-12(2)15(11)22-17(19)13(3)16-18(22)20-14-9-4-5-10-21(14)16/h4-10H,19H2,1-3H3. The van der Waals surface area contributed by atoms with Gasteiger partial charge in [0.15, 0.2) is 5.65 Å². The minimum absolute atomic E-state index is 0.758. The summed E-state index contributed by atoms with van der Waals surface area (Å²) in [4.78, 5) is 4.80. The Kier molecular flexibility index (Phi) is 2.57. The lowest BCUT2D eigenvalue weighted by Gasteiger charge is -2.13. The van der Waals surface area contributed by atoms with E-state index in [4.69, 9.17) is 10.7 Å². The van der Waals surface area contributed by atoms with Gasteiger partial charge in [-0.15, -0.1) is 0 Å². The van der Waals surface area contributed by atoms with Gasteiger partial charge in [-0.25, -0.2) is 4.98 Å². The predicted octanol–water partition coefficient (Wildman–Crippen LogP) is 3.79. The number of rotatable bonds is 1. The summed E-state index contributed by atoms with van der Waals surface area (Å²) >= 11 is 0. The van der Waals surface area contributed by atoms with Gasteiger partial charge in [0.1, 0.15) is 11.5 Å². The molecular formula is C18H18N4. The minimum Gasteiger partial charge on any atom is -0.384 e. The van der Waals surface area contributed by atoms with Gasteiger partial charge >= 0.3 is 0 Å². The first-order valence-electron chi connectivity index (χ1n) is 7.39. The topological polar surface area (TPSA) is 48.2 Å². The lowest BCUT2D eigenvalue weighted by atomic mass is 10.1. The molecule has 0 spiro atoms. The summed E-state index contributed by atoms with van der Waals surface area (Å²) < 4.78 is 4.19. The van der Waals surface area contributed by atoms with E-state index >= 15 is 0 Å². The Labute approximate surface area is 128 Å². The fraction of sp³-hybridized carbons (Fsp3) is 0.167. The van der Waals surface area contributed by atoms with Crippen LogP contribution in [0.2, 0.25) is 0 Å².